The summed E-state index contributed by atoms with van der Waals surface area (Å²) in [5.41, 5.74) is 3.24. The van der Waals surface area contributed by atoms with Gasteiger partial charge in [-0.2, -0.15) is 0 Å². The number of aliphatic hydroxyl groups excluding tert-OH is 1. The van der Waals surface area contributed by atoms with Gasteiger partial charge in [-0.3, -0.25) is 4.79 Å². The van der Waals surface area contributed by atoms with Gasteiger partial charge in [-0.05, 0) is 35.6 Å². The predicted octanol–water partition coefficient (Wildman–Crippen LogP) is 3.39. The molecule has 0 bridgehead atoms. The Labute approximate surface area is 141 Å². The van der Waals surface area contributed by atoms with Gasteiger partial charge in [-0.15, -0.1) is 0 Å². The van der Waals surface area contributed by atoms with Crippen molar-refractivity contribution >= 4 is 17.5 Å². The minimum atomic E-state index is -0.105. The highest BCUT2D eigenvalue weighted by Crippen LogP contribution is 2.40. The Balaban J connectivity index is 1.76. The number of rotatable bonds is 6. The fourth-order valence-electron chi connectivity index (χ4n) is 3.07. The summed E-state index contributed by atoms with van der Waals surface area (Å²) in [6.07, 6.45) is 1.30. The Morgan fingerprint density at radius 1 is 1.17 bits per heavy atom. The van der Waals surface area contributed by atoms with Gasteiger partial charge in [-0.25, -0.2) is 0 Å². The molecule has 1 aliphatic rings. The van der Waals surface area contributed by atoms with Gasteiger partial charge >= 0.3 is 0 Å². The molecule has 0 aliphatic heterocycles. The summed E-state index contributed by atoms with van der Waals surface area (Å²) in [6, 6.07) is 15.7. The van der Waals surface area contributed by atoms with Crippen LogP contribution in [0.15, 0.2) is 48.5 Å². The SMILES string of the molecule is O=C(C1Cc2c(Cl)cccc21)N(CCCO)Cc1ccccc1. The van der Waals surface area contributed by atoms with Crippen molar-refractivity contribution in [1.29, 1.82) is 0 Å². The third-order valence-corrected chi connectivity index (χ3v) is 4.71. The number of benzene rings is 2. The number of carbonyl (C=O) groups excluding carboxylic acids is 1. The summed E-state index contributed by atoms with van der Waals surface area (Å²) < 4.78 is 0. The minimum Gasteiger partial charge on any atom is -0.396 e. The molecule has 1 unspecified atom stereocenters. The molecular weight excluding hydrogens is 310 g/mol. The molecule has 4 heteroatoms. The highest BCUT2D eigenvalue weighted by molar-refractivity contribution is 6.31. The van der Waals surface area contributed by atoms with Gasteiger partial charge in [0.1, 0.15) is 0 Å². The molecule has 1 atom stereocenters. The molecule has 0 saturated heterocycles. The van der Waals surface area contributed by atoms with Crippen LogP contribution in [0.25, 0.3) is 0 Å². The molecule has 120 valence electrons. The second-order valence-electron chi connectivity index (χ2n) is 5.89. The van der Waals surface area contributed by atoms with Crippen LogP contribution in [0.2, 0.25) is 5.02 Å². The van der Waals surface area contributed by atoms with E-state index in [0.717, 1.165) is 21.7 Å². The fourth-order valence-corrected chi connectivity index (χ4v) is 3.33. The van der Waals surface area contributed by atoms with Crippen LogP contribution >= 0.6 is 11.6 Å². The number of carbonyl (C=O) groups is 1. The van der Waals surface area contributed by atoms with Crippen molar-refractivity contribution in [2.24, 2.45) is 0 Å². The predicted molar refractivity (Wildman–Crippen MR) is 91.5 cm³/mol. The summed E-state index contributed by atoms with van der Waals surface area (Å²) in [7, 11) is 0. The molecule has 1 N–H and O–H groups in total. The number of halogens is 1. The quantitative estimate of drug-likeness (QED) is 0.882. The molecule has 0 aromatic heterocycles. The molecule has 3 rings (SSSR count). The van der Waals surface area contributed by atoms with Gasteiger partial charge in [-0.1, -0.05) is 54.1 Å². The van der Waals surface area contributed by atoms with Crippen molar-refractivity contribution < 1.29 is 9.90 Å². The van der Waals surface area contributed by atoms with Crippen molar-refractivity contribution in [3.63, 3.8) is 0 Å². The first-order valence-electron chi connectivity index (χ1n) is 7.91. The molecule has 1 amide bonds. The van der Waals surface area contributed by atoms with Crippen LogP contribution in [0.3, 0.4) is 0 Å². The van der Waals surface area contributed by atoms with Crippen molar-refractivity contribution in [2.45, 2.75) is 25.3 Å². The lowest BCUT2D eigenvalue weighted by Crippen LogP contribution is -2.40. The van der Waals surface area contributed by atoms with Crippen molar-refractivity contribution in [3.8, 4) is 0 Å². The van der Waals surface area contributed by atoms with Crippen LogP contribution in [-0.4, -0.2) is 29.1 Å². The molecule has 1 aliphatic carbocycles. The van der Waals surface area contributed by atoms with E-state index in [1.165, 1.54) is 0 Å². The van der Waals surface area contributed by atoms with E-state index in [4.69, 9.17) is 16.7 Å². The summed E-state index contributed by atoms with van der Waals surface area (Å²) in [5, 5.41) is 9.86. The molecule has 0 saturated carbocycles. The molecule has 0 fully saturated rings. The highest BCUT2D eigenvalue weighted by atomic mass is 35.5. The number of hydrogen-bond donors (Lipinski definition) is 1. The second kappa shape index (κ2) is 7.16. The maximum Gasteiger partial charge on any atom is 0.230 e. The average Bonchev–Trinajstić information content (AvgIpc) is 2.54. The molecule has 2 aromatic rings. The van der Waals surface area contributed by atoms with E-state index < -0.39 is 0 Å². The van der Waals surface area contributed by atoms with E-state index in [0.29, 0.717) is 25.9 Å². The van der Waals surface area contributed by atoms with Crippen LogP contribution in [0, 0.1) is 0 Å². The van der Waals surface area contributed by atoms with Gasteiger partial charge in [0.2, 0.25) is 5.91 Å². The first kappa shape index (κ1) is 16.0. The van der Waals surface area contributed by atoms with Gasteiger partial charge in [0.15, 0.2) is 0 Å². The molecule has 0 radical (unpaired) electrons. The summed E-state index contributed by atoms with van der Waals surface area (Å²) in [4.78, 5) is 14.8. The van der Waals surface area contributed by atoms with Crippen LogP contribution in [-0.2, 0) is 17.8 Å². The molecule has 0 spiro atoms. The minimum absolute atomic E-state index is 0.0889. The lowest BCUT2D eigenvalue weighted by Gasteiger charge is -2.34. The van der Waals surface area contributed by atoms with Crippen LogP contribution in [0.1, 0.15) is 29.0 Å². The highest BCUT2D eigenvalue weighted by Gasteiger charge is 2.36. The van der Waals surface area contributed by atoms with Crippen LogP contribution < -0.4 is 0 Å². The monoisotopic (exact) mass is 329 g/mol. The molecule has 2 aromatic carbocycles. The zero-order valence-electron chi connectivity index (χ0n) is 12.9. The number of fused-ring (bicyclic) bond motifs is 1. The van der Waals surface area contributed by atoms with E-state index in [9.17, 15) is 4.79 Å². The Kier molecular flexibility index (Phi) is 4.99. The Bertz CT molecular complexity index is 687. The standard InChI is InChI=1S/C19H20ClNO2/c20-18-9-4-8-15-16(18)12-17(15)19(23)21(10-5-11-22)13-14-6-2-1-3-7-14/h1-4,6-9,17,22H,5,10-13H2. The number of amides is 1. The zero-order chi connectivity index (χ0) is 16.2. The Morgan fingerprint density at radius 2 is 1.96 bits per heavy atom. The van der Waals surface area contributed by atoms with Crippen molar-refractivity contribution in [1.82, 2.24) is 4.90 Å². The number of aliphatic hydroxyl groups is 1. The lowest BCUT2D eigenvalue weighted by atomic mass is 9.76. The van der Waals surface area contributed by atoms with Gasteiger partial charge < -0.3 is 10.0 Å². The molecule has 0 heterocycles. The zero-order valence-corrected chi connectivity index (χ0v) is 13.7. The van der Waals surface area contributed by atoms with E-state index in [1.807, 2.05) is 53.4 Å². The topological polar surface area (TPSA) is 40.5 Å². The molecule has 23 heavy (non-hydrogen) atoms. The summed E-state index contributed by atoms with van der Waals surface area (Å²) in [6.45, 7) is 1.23. The van der Waals surface area contributed by atoms with Gasteiger partial charge in [0, 0.05) is 24.7 Å². The summed E-state index contributed by atoms with van der Waals surface area (Å²) >= 11 is 6.17. The van der Waals surface area contributed by atoms with Crippen LogP contribution in [0.5, 0.6) is 0 Å². The normalized spacial score (nSPS) is 15.7. The Morgan fingerprint density at radius 3 is 2.70 bits per heavy atom. The third-order valence-electron chi connectivity index (χ3n) is 4.35. The van der Waals surface area contributed by atoms with E-state index in [-0.39, 0.29) is 18.4 Å². The average molecular weight is 330 g/mol. The van der Waals surface area contributed by atoms with Crippen molar-refractivity contribution in [3.05, 3.63) is 70.2 Å². The maximum atomic E-state index is 12.9. The molecular formula is C19H20ClNO2. The smallest absolute Gasteiger partial charge is 0.230 e. The lowest BCUT2D eigenvalue weighted by molar-refractivity contribution is -0.134. The largest absolute Gasteiger partial charge is 0.396 e. The van der Waals surface area contributed by atoms with E-state index in [2.05, 4.69) is 0 Å². The van der Waals surface area contributed by atoms with E-state index >= 15 is 0 Å². The maximum absolute atomic E-state index is 12.9. The molecule has 3 nitrogen and oxygen atoms in total. The van der Waals surface area contributed by atoms with Gasteiger partial charge in [0.05, 0.1) is 5.92 Å². The van der Waals surface area contributed by atoms with Crippen molar-refractivity contribution in [2.75, 3.05) is 13.2 Å². The van der Waals surface area contributed by atoms with Gasteiger partial charge in [0.25, 0.3) is 0 Å². The first-order chi connectivity index (χ1) is 11.2. The first-order valence-corrected chi connectivity index (χ1v) is 8.29. The Hall–Kier alpha value is -1.84. The number of nitrogens with zero attached hydrogens (tertiary/aromatic N) is 1. The number of hydrogen-bond acceptors (Lipinski definition) is 2. The third kappa shape index (κ3) is 3.41. The second-order valence-corrected chi connectivity index (χ2v) is 6.29. The summed E-state index contributed by atoms with van der Waals surface area (Å²) in [5.74, 6) is 0.0168. The van der Waals surface area contributed by atoms with Crippen LogP contribution in [0.4, 0.5) is 0 Å². The van der Waals surface area contributed by atoms with E-state index in [1.54, 1.807) is 0 Å². The fraction of sp³-hybridized carbons (Fsp3) is 0.316.